The molecule has 0 saturated carbocycles. The van der Waals surface area contributed by atoms with Crippen LogP contribution in [0.5, 0.6) is 0 Å². The van der Waals surface area contributed by atoms with Crippen LogP contribution < -0.4 is 0 Å². The molecule has 91 heavy (non-hydrogen) atoms. The number of phosphoric ester groups is 1. The molecule has 2 atom stereocenters. The fraction of sp³-hybridized carbons (Fsp3) is 0.951. The SMILES string of the molecule is CCCCCCCCCC/C=C\CCCCCCCCCCCCCCCCCCCCCCCCCCCC(=O)OC(COC(=O)CCCCCCCCCCCCCCCCCCCCCCCCCCCCCCCC)COP(=O)(O)OCC[N+](C)(C)C. The molecule has 0 heterocycles. The molecular formula is C81H161NO8P+. The minimum atomic E-state index is -4.39. The van der Waals surface area contributed by atoms with Crippen molar-refractivity contribution in [3.8, 4) is 0 Å². The van der Waals surface area contributed by atoms with E-state index in [0.29, 0.717) is 17.4 Å². The lowest BCUT2D eigenvalue weighted by Crippen LogP contribution is -2.37. The summed E-state index contributed by atoms with van der Waals surface area (Å²) in [5.41, 5.74) is 0. The molecule has 10 heteroatoms. The Hall–Kier alpha value is -1.25. The van der Waals surface area contributed by atoms with Gasteiger partial charge in [0, 0.05) is 12.8 Å². The maximum absolute atomic E-state index is 12.9. The molecule has 0 rings (SSSR count). The fourth-order valence-electron chi connectivity index (χ4n) is 12.8. The van der Waals surface area contributed by atoms with Gasteiger partial charge in [-0.3, -0.25) is 18.6 Å². The average Bonchev–Trinajstić information content (AvgIpc) is 3.69. The van der Waals surface area contributed by atoms with Gasteiger partial charge in [-0.1, -0.05) is 405 Å². The highest BCUT2D eigenvalue weighted by Crippen LogP contribution is 2.43. The number of hydrogen-bond donors (Lipinski definition) is 1. The summed E-state index contributed by atoms with van der Waals surface area (Å²) in [6, 6.07) is 0. The summed E-state index contributed by atoms with van der Waals surface area (Å²) in [6.07, 6.45) is 92.4. The minimum absolute atomic E-state index is 0.0371. The van der Waals surface area contributed by atoms with E-state index < -0.39 is 26.5 Å². The molecule has 0 aliphatic rings. The number of quaternary nitrogens is 1. The summed E-state index contributed by atoms with van der Waals surface area (Å²) in [5.74, 6) is -0.766. The van der Waals surface area contributed by atoms with Gasteiger partial charge in [0.05, 0.1) is 27.7 Å². The number of phosphoric acid groups is 1. The molecule has 0 aromatic carbocycles. The van der Waals surface area contributed by atoms with Crippen LogP contribution in [0.25, 0.3) is 0 Å². The number of hydrogen-bond acceptors (Lipinski definition) is 7. The maximum Gasteiger partial charge on any atom is 0.472 e. The zero-order valence-corrected chi connectivity index (χ0v) is 63.0. The van der Waals surface area contributed by atoms with Gasteiger partial charge in [0.2, 0.25) is 0 Å². The Balaban J connectivity index is 3.88. The molecule has 0 aliphatic heterocycles. The van der Waals surface area contributed by atoms with Crippen LogP contribution in [-0.2, 0) is 32.7 Å². The van der Waals surface area contributed by atoms with Gasteiger partial charge in [0.25, 0.3) is 0 Å². The Morgan fingerprint density at radius 3 is 0.813 bits per heavy atom. The lowest BCUT2D eigenvalue weighted by molar-refractivity contribution is -0.870. The summed E-state index contributed by atoms with van der Waals surface area (Å²) >= 11 is 0. The lowest BCUT2D eigenvalue weighted by atomic mass is 10.0. The Labute approximate surface area is 568 Å². The van der Waals surface area contributed by atoms with Crippen molar-refractivity contribution in [3.63, 3.8) is 0 Å². The third-order valence-corrected chi connectivity index (χ3v) is 20.0. The lowest BCUT2D eigenvalue weighted by Gasteiger charge is -2.24. The first-order chi connectivity index (χ1) is 44.5. The van der Waals surface area contributed by atoms with Crippen molar-refractivity contribution in [2.45, 2.75) is 450 Å². The molecule has 0 fully saturated rings. The Morgan fingerprint density at radius 2 is 0.560 bits per heavy atom. The maximum atomic E-state index is 12.9. The van der Waals surface area contributed by atoms with Gasteiger partial charge >= 0.3 is 19.8 Å². The number of esters is 2. The molecule has 0 saturated heterocycles. The third-order valence-electron chi connectivity index (χ3n) is 19.0. The molecule has 542 valence electrons. The number of carbonyl (C=O) groups excluding carboxylic acids is 2. The average molecular weight is 1310 g/mol. The van der Waals surface area contributed by atoms with Crippen molar-refractivity contribution < 1.29 is 42.1 Å². The van der Waals surface area contributed by atoms with E-state index in [4.69, 9.17) is 18.5 Å². The highest BCUT2D eigenvalue weighted by molar-refractivity contribution is 7.47. The molecule has 2 unspecified atom stereocenters. The van der Waals surface area contributed by atoms with Gasteiger partial charge in [-0.15, -0.1) is 0 Å². The van der Waals surface area contributed by atoms with Gasteiger partial charge in [-0.25, -0.2) is 4.57 Å². The summed E-state index contributed by atoms with van der Waals surface area (Å²) < 4.78 is 34.8. The van der Waals surface area contributed by atoms with E-state index in [2.05, 4.69) is 26.0 Å². The quantitative estimate of drug-likeness (QED) is 0.0211. The third kappa shape index (κ3) is 77.6. The van der Waals surface area contributed by atoms with Gasteiger partial charge in [-0.05, 0) is 38.5 Å². The van der Waals surface area contributed by atoms with E-state index >= 15 is 0 Å². The summed E-state index contributed by atoms with van der Waals surface area (Å²) in [7, 11) is 1.51. The van der Waals surface area contributed by atoms with Crippen LogP contribution in [0.1, 0.15) is 444 Å². The van der Waals surface area contributed by atoms with Crippen molar-refractivity contribution in [3.05, 3.63) is 12.2 Å². The van der Waals surface area contributed by atoms with Crippen LogP contribution >= 0.6 is 7.82 Å². The highest BCUT2D eigenvalue weighted by Gasteiger charge is 2.27. The Morgan fingerprint density at radius 1 is 0.330 bits per heavy atom. The van der Waals surface area contributed by atoms with Crippen molar-refractivity contribution in [1.82, 2.24) is 0 Å². The largest absolute Gasteiger partial charge is 0.472 e. The molecule has 0 aliphatic carbocycles. The Bertz CT molecular complexity index is 1540. The van der Waals surface area contributed by atoms with Crippen LogP contribution in [0.3, 0.4) is 0 Å². The highest BCUT2D eigenvalue weighted by atomic mass is 31.2. The molecule has 9 nitrogen and oxygen atoms in total. The van der Waals surface area contributed by atoms with Gasteiger partial charge in [0.15, 0.2) is 6.10 Å². The number of ether oxygens (including phenoxy) is 2. The first-order valence-electron chi connectivity index (χ1n) is 40.9. The first kappa shape index (κ1) is 89.8. The van der Waals surface area contributed by atoms with E-state index in [1.54, 1.807) is 0 Å². The van der Waals surface area contributed by atoms with Crippen molar-refractivity contribution >= 4 is 19.8 Å². The molecule has 1 N–H and O–H groups in total. The van der Waals surface area contributed by atoms with Gasteiger partial charge < -0.3 is 18.9 Å². The van der Waals surface area contributed by atoms with E-state index in [0.717, 1.165) is 38.5 Å². The van der Waals surface area contributed by atoms with Gasteiger partial charge in [-0.2, -0.15) is 0 Å². The van der Waals surface area contributed by atoms with Crippen LogP contribution in [-0.4, -0.2) is 74.9 Å². The van der Waals surface area contributed by atoms with Crippen LogP contribution in [0, 0.1) is 0 Å². The van der Waals surface area contributed by atoms with E-state index in [-0.39, 0.29) is 25.6 Å². The number of carbonyl (C=O) groups is 2. The topological polar surface area (TPSA) is 108 Å². The molecule has 0 radical (unpaired) electrons. The predicted molar refractivity (Wildman–Crippen MR) is 395 cm³/mol. The summed E-state index contributed by atoms with van der Waals surface area (Å²) in [6.45, 7) is 4.54. The van der Waals surface area contributed by atoms with Crippen molar-refractivity contribution in [2.24, 2.45) is 0 Å². The smallest absolute Gasteiger partial charge is 0.462 e. The second kappa shape index (κ2) is 73.0. The number of unbranched alkanes of at least 4 members (excludes halogenated alkanes) is 62. The second-order valence-electron chi connectivity index (χ2n) is 29.5. The second-order valence-corrected chi connectivity index (χ2v) is 31.0. The molecule has 0 aromatic rings. The van der Waals surface area contributed by atoms with E-state index in [1.807, 2.05) is 21.1 Å². The van der Waals surface area contributed by atoms with Crippen molar-refractivity contribution in [1.29, 1.82) is 0 Å². The number of rotatable bonds is 78. The van der Waals surface area contributed by atoms with Crippen LogP contribution in [0.2, 0.25) is 0 Å². The molecule has 0 amide bonds. The standard InChI is InChI=1S/C81H160NO8P/c1-6-8-10-12-14-16-18-20-22-24-26-28-30-32-34-36-38-39-40-41-42-43-44-46-48-50-52-54-56-58-60-62-64-66-68-70-72-74-81(84)90-79(78-89-91(85,86)88-76-75-82(3,4)5)77-87-80(83)73-71-69-67-65-63-61-59-57-55-53-51-49-47-45-37-35-33-31-29-27-25-23-21-19-17-15-13-11-9-7-2/h24,26,79H,6-23,25,27-78H2,1-5H3/p+1/b26-24-. The predicted octanol–water partition coefficient (Wildman–Crippen LogP) is 27.0. The number of nitrogens with zero attached hydrogens (tertiary/aromatic N) is 1. The summed E-state index contributed by atoms with van der Waals surface area (Å²) in [4.78, 5) is 36.0. The molecule has 0 bridgehead atoms. The van der Waals surface area contributed by atoms with Crippen LogP contribution in [0.15, 0.2) is 12.2 Å². The number of allylic oxidation sites excluding steroid dienone is 2. The van der Waals surface area contributed by atoms with Gasteiger partial charge in [0.1, 0.15) is 19.8 Å². The fourth-order valence-corrected chi connectivity index (χ4v) is 13.5. The molecule has 0 spiro atoms. The molecule has 0 aromatic heterocycles. The number of likely N-dealkylation sites (N-methyl/N-ethyl adjacent to an activating group) is 1. The zero-order valence-electron chi connectivity index (χ0n) is 62.1. The van der Waals surface area contributed by atoms with Crippen molar-refractivity contribution in [2.75, 3.05) is 47.5 Å². The Kier molecular flexibility index (Phi) is 72.0. The van der Waals surface area contributed by atoms with Crippen LogP contribution in [0.4, 0.5) is 0 Å². The van der Waals surface area contributed by atoms with E-state index in [9.17, 15) is 19.0 Å². The van der Waals surface area contributed by atoms with E-state index in [1.165, 1.54) is 379 Å². The zero-order chi connectivity index (χ0) is 66.2. The normalized spacial score (nSPS) is 13.0. The first-order valence-corrected chi connectivity index (χ1v) is 42.4. The molecular weight excluding hydrogens is 1150 g/mol. The minimum Gasteiger partial charge on any atom is -0.462 e. The summed E-state index contributed by atoms with van der Waals surface area (Å²) in [5, 5.41) is 0. The monoisotopic (exact) mass is 1310 g/mol.